The fourth-order valence-corrected chi connectivity index (χ4v) is 2.97. The second-order valence-corrected chi connectivity index (χ2v) is 6.92. The zero-order chi connectivity index (χ0) is 14.5. The molecule has 4 heteroatoms. The Kier molecular flexibility index (Phi) is 2.82. The zero-order valence-corrected chi connectivity index (χ0v) is 12.8. The van der Waals surface area contributed by atoms with Crippen LogP contribution in [-0.2, 0) is 15.7 Å². The lowest BCUT2D eigenvalue weighted by Crippen LogP contribution is -2.29. The highest BCUT2D eigenvalue weighted by atomic mass is 16.1. The highest BCUT2D eigenvalue weighted by Crippen LogP contribution is 2.44. The summed E-state index contributed by atoms with van der Waals surface area (Å²) in [6.45, 7) is 4.26. The van der Waals surface area contributed by atoms with Crippen molar-refractivity contribution in [2.24, 2.45) is 0 Å². The van der Waals surface area contributed by atoms with Crippen LogP contribution in [0.1, 0.15) is 45.2 Å². The molecule has 0 radical (unpaired) electrons. The van der Waals surface area contributed by atoms with E-state index in [1.54, 1.807) is 0 Å². The summed E-state index contributed by atoms with van der Waals surface area (Å²) in [4.78, 5) is 14.6. The van der Waals surface area contributed by atoms with Crippen LogP contribution in [0.5, 0.6) is 0 Å². The lowest BCUT2D eigenvalue weighted by atomic mass is 9.84. The predicted molar refractivity (Wildman–Crippen MR) is 78.5 cm³/mol. The van der Waals surface area contributed by atoms with Crippen LogP contribution in [-0.4, -0.2) is 34.6 Å². The molecule has 0 aliphatic heterocycles. The van der Waals surface area contributed by atoms with Gasteiger partial charge in [-0.2, -0.15) is 5.10 Å². The zero-order valence-electron chi connectivity index (χ0n) is 12.8. The largest absolute Gasteiger partial charge is 0.383 e. The summed E-state index contributed by atoms with van der Waals surface area (Å²) >= 11 is 0. The van der Waals surface area contributed by atoms with Gasteiger partial charge in [0, 0.05) is 32.1 Å². The van der Waals surface area contributed by atoms with Crippen molar-refractivity contribution in [2.75, 3.05) is 14.1 Å². The molecule has 4 nitrogen and oxygen atoms in total. The van der Waals surface area contributed by atoms with Crippen LogP contribution in [0.25, 0.3) is 0 Å². The minimum atomic E-state index is -0.446. The van der Waals surface area contributed by atoms with Gasteiger partial charge in [0.25, 0.3) is 0 Å². The van der Waals surface area contributed by atoms with Gasteiger partial charge in [0.15, 0.2) is 5.78 Å². The second kappa shape index (κ2) is 4.21. The number of aromatic nitrogens is 2. The first-order valence-corrected chi connectivity index (χ1v) is 7.34. The number of hydrogen-bond acceptors (Lipinski definition) is 3. The van der Waals surface area contributed by atoms with Gasteiger partial charge in [-0.25, -0.2) is 0 Å². The molecule has 108 valence electrons. The molecular formula is C16H23N3O. The summed E-state index contributed by atoms with van der Waals surface area (Å²) < 4.78 is 2.05. The topological polar surface area (TPSA) is 38.1 Å². The lowest BCUT2D eigenvalue weighted by molar-refractivity contribution is -0.119. The van der Waals surface area contributed by atoms with Crippen LogP contribution in [0.15, 0.2) is 24.0 Å². The summed E-state index contributed by atoms with van der Waals surface area (Å²) in [5.74, 6) is 0.234. The van der Waals surface area contributed by atoms with Gasteiger partial charge in [-0.1, -0.05) is 0 Å². The Morgan fingerprint density at radius 3 is 2.60 bits per heavy atom. The number of carbonyl (C=O) groups is 1. The van der Waals surface area contributed by atoms with Gasteiger partial charge in [0.1, 0.15) is 0 Å². The maximum absolute atomic E-state index is 12.7. The van der Waals surface area contributed by atoms with E-state index in [9.17, 15) is 4.79 Å². The van der Waals surface area contributed by atoms with Crippen molar-refractivity contribution in [3.05, 3.63) is 29.7 Å². The highest BCUT2D eigenvalue weighted by molar-refractivity contribution is 6.05. The normalized spacial score (nSPS) is 30.0. The number of hydrogen-bond donors (Lipinski definition) is 0. The Bertz CT molecular complexity index is 580. The van der Waals surface area contributed by atoms with E-state index in [0.29, 0.717) is 0 Å². The summed E-state index contributed by atoms with van der Waals surface area (Å²) in [6.07, 6.45) is 8.06. The van der Waals surface area contributed by atoms with E-state index in [0.717, 1.165) is 24.1 Å². The average Bonchev–Trinajstić information content (AvgIpc) is 2.86. The molecule has 0 bridgehead atoms. The van der Waals surface area contributed by atoms with Crippen molar-refractivity contribution in [3.63, 3.8) is 0 Å². The molecule has 0 amide bonds. The molecule has 20 heavy (non-hydrogen) atoms. The molecule has 2 saturated carbocycles. The monoisotopic (exact) mass is 273 g/mol. The summed E-state index contributed by atoms with van der Waals surface area (Å²) in [5, 5.41) is 4.72. The van der Waals surface area contributed by atoms with E-state index in [2.05, 4.69) is 11.6 Å². The van der Waals surface area contributed by atoms with Crippen molar-refractivity contribution < 1.29 is 4.79 Å². The third-order valence-corrected chi connectivity index (χ3v) is 4.78. The van der Waals surface area contributed by atoms with Crippen molar-refractivity contribution in [2.45, 2.75) is 50.5 Å². The Hall–Kier alpha value is -1.58. The highest BCUT2D eigenvalue weighted by Gasteiger charge is 2.46. The first kappa shape index (κ1) is 13.4. The Morgan fingerprint density at radius 2 is 2.00 bits per heavy atom. The molecule has 0 saturated heterocycles. The van der Waals surface area contributed by atoms with Gasteiger partial charge in [-0.15, -0.1) is 0 Å². The standard InChI is InChI=1S/C16H23N3O/c1-15(8-9-15)19-10-6-13(17-19)16(2)7-5-12(14(16)20)11-18(3)4/h6,10-11H,5,7-9H2,1-4H3. The molecule has 2 aliphatic carbocycles. The van der Waals surface area contributed by atoms with E-state index < -0.39 is 5.41 Å². The van der Waals surface area contributed by atoms with Crippen molar-refractivity contribution in [3.8, 4) is 0 Å². The third kappa shape index (κ3) is 1.98. The number of allylic oxidation sites excluding steroid dienone is 1. The molecule has 0 aromatic carbocycles. The first-order chi connectivity index (χ1) is 9.35. The smallest absolute Gasteiger partial charge is 0.172 e. The predicted octanol–water partition coefficient (Wildman–Crippen LogP) is 2.46. The van der Waals surface area contributed by atoms with Crippen LogP contribution in [0, 0.1) is 0 Å². The summed E-state index contributed by atoms with van der Waals surface area (Å²) in [6, 6.07) is 2.03. The minimum Gasteiger partial charge on any atom is -0.383 e. The Morgan fingerprint density at radius 1 is 1.30 bits per heavy atom. The fraction of sp³-hybridized carbons (Fsp3) is 0.625. The molecule has 0 N–H and O–H groups in total. The van der Waals surface area contributed by atoms with Crippen LogP contribution in [0.3, 0.4) is 0 Å². The quantitative estimate of drug-likeness (QED) is 0.794. The van der Waals surface area contributed by atoms with E-state index in [1.165, 1.54) is 12.8 Å². The number of carbonyl (C=O) groups excluding carboxylic acids is 1. The summed E-state index contributed by atoms with van der Waals surface area (Å²) in [5.41, 5.74) is 1.60. The van der Waals surface area contributed by atoms with Gasteiger partial charge in [-0.05, 0) is 45.6 Å². The molecule has 2 aliphatic rings. The second-order valence-electron chi connectivity index (χ2n) is 6.92. The van der Waals surface area contributed by atoms with E-state index in [4.69, 9.17) is 5.10 Å². The van der Waals surface area contributed by atoms with Gasteiger partial charge in [-0.3, -0.25) is 9.48 Å². The van der Waals surface area contributed by atoms with E-state index in [-0.39, 0.29) is 11.3 Å². The molecular weight excluding hydrogens is 250 g/mol. The molecule has 1 unspecified atom stereocenters. The molecule has 2 fully saturated rings. The molecule has 1 aromatic heterocycles. The van der Waals surface area contributed by atoms with Crippen molar-refractivity contribution in [1.82, 2.24) is 14.7 Å². The average molecular weight is 273 g/mol. The van der Waals surface area contributed by atoms with Crippen LogP contribution >= 0.6 is 0 Å². The lowest BCUT2D eigenvalue weighted by Gasteiger charge is -2.19. The van der Waals surface area contributed by atoms with Crippen molar-refractivity contribution >= 4 is 5.78 Å². The van der Waals surface area contributed by atoms with Gasteiger partial charge < -0.3 is 4.90 Å². The number of ketones is 1. The van der Waals surface area contributed by atoms with Crippen molar-refractivity contribution in [1.29, 1.82) is 0 Å². The van der Waals surface area contributed by atoms with Gasteiger partial charge in [0.2, 0.25) is 0 Å². The summed E-state index contributed by atoms with van der Waals surface area (Å²) in [7, 11) is 3.91. The SMILES string of the molecule is CN(C)C=C1CCC(C)(c2ccn(C3(C)CC3)n2)C1=O. The molecule has 1 atom stereocenters. The van der Waals surface area contributed by atoms with E-state index >= 15 is 0 Å². The molecule has 0 spiro atoms. The fourth-order valence-electron chi connectivity index (χ4n) is 2.97. The Balaban J connectivity index is 1.90. The third-order valence-electron chi connectivity index (χ3n) is 4.78. The van der Waals surface area contributed by atoms with Crippen LogP contribution < -0.4 is 0 Å². The van der Waals surface area contributed by atoms with Crippen LogP contribution in [0.4, 0.5) is 0 Å². The number of nitrogens with zero attached hydrogens (tertiary/aromatic N) is 3. The van der Waals surface area contributed by atoms with Gasteiger partial charge >= 0.3 is 0 Å². The number of rotatable bonds is 3. The maximum atomic E-state index is 12.7. The van der Waals surface area contributed by atoms with E-state index in [1.807, 2.05) is 44.4 Å². The minimum absolute atomic E-state index is 0.193. The van der Waals surface area contributed by atoms with Crippen LogP contribution in [0.2, 0.25) is 0 Å². The Labute approximate surface area is 120 Å². The van der Waals surface area contributed by atoms with Gasteiger partial charge in [0.05, 0.1) is 16.6 Å². The molecule has 3 rings (SSSR count). The first-order valence-electron chi connectivity index (χ1n) is 7.34. The number of Topliss-reactive ketones (excluding diaryl/α,β-unsaturated/α-hetero) is 1. The molecule has 1 aromatic rings. The maximum Gasteiger partial charge on any atom is 0.172 e. The molecule has 1 heterocycles.